The van der Waals surface area contributed by atoms with Crippen LogP contribution >= 0.6 is 11.3 Å². The van der Waals surface area contributed by atoms with Gasteiger partial charge in [0.15, 0.2) is 0 Å². The van der Waals surface area contributed by atoms with Crippen LogP contribution in [0.15, 0.2) is 48.5 Å². The predicted octanol–water partition coefficient (Wildman–Crippen LogP) is 3.78. The van der Waals surface area contributed by atoms with Crippen molar-refractivity contribution in [2.24, 2.45) is 0 Å². The molecule has 7 heteroatoms. The van der Waals surface area contributed by atoms with Gasteiger partial charge in [0.05, 0.1) is 28.5 Å². The Labute approximate surface area is 174 Å². The third kappa shape index (κ3) is 4.26. The van der Waals surface area contributed by atoms with Gasteiger partial charge >= 0.3 is 0 Å². The van der Waals surface area contributed by atoms with Crippen LogP contribution < -0.4 is 4.90 Å². The lowest BCUT2D eigenvalue weighted by atomic mass is 10.2. The van der Waals surface area contributed by atoms with Crippen molar-refractivity contribution in [2.45, 2.75) is 13.0 Å². The molecule has 0 N–H and O–H groups in total. The summed E-state index contributed by atoms with van der Waals surface area (Å²) in [5.74, 6) is -0.106. The highest BCUT2D eigenvalue weighted by molar-refractivity contribution is 7.18. The molecule has 0 radical (unpaired) electrons. The number of piperazine rings is 1. The zero-order chi connectivity index (χ0) is 20.4. The number of thiazole rings is 1. The molecule has 5 nitrogen and oxygen atoms in total. The average Bonchev–Trinajstić information content (AvgIpc) is 3.18. The number of nitrogens with zero attached hydrogens (tertiary/aromatic N) is 4. The molecule has 1 aliphatic heterocycles. The maximum absolute atomic E-state index is 14.0. The molecule has 1 aliphatic rings. The zero-order valence-electron chi connectivity index (χ0n) is 16.7. The van der Waals surface area contributed by atoms with Gasteiger partial charge in [-0.2, -0.15) is 0 Å². The smallest absolute Gasteiger partial charge is 0.236 e. The van der Waals surface area contributed by atoms with E-state index in [-0.39, 0.29) is 17.8 Å². The highest BCUT2D eigenvalue weighted by atomic mass is 32.1. The Hall–Kier alpha value is -2.51. The minimum Gasteiger partial charge on any atom is -0.366 e. The third-order valence-corrected chi connectivity index (χ3v) is 6.75. The van der Waals surface area contributed by atoms with Gasteiger partial charge in [0.1, 0.15) is 10.8 Å². The van der Waals surface area contributed by atoms with E-state index in [0.717, 1.165) is 10.5 Å². The summed E-state index contributed by atoms with van der Waals surface area (Å²) < 4.78 is 15.2. The maximum atomic E-state index is 14.0. The number of hydrogen-bond donors (Lipinski definition) is 0. The fourth-order valence-corrected chi connectivity index (χ4v) is 4.70. The first kappa shape index (κ1) is 19.8. The molecule has 1 atom stereocenters. The fraction of sp³-hybridized carbons (Fsp3) is 0.364. The van der Waals surface area contributed by atoms with E-state index in [9.17, 15) is 9.18 Å². The van der Waals surface area contributed by atoms with Crippen LogP contribution in [0.4, 0.5) is 10.1 Å². The molecule has 29 heavy (non-hydrogen) atoms. The van der Waals surface area contributed by atoms with E-state index < -0.39 is 0 Å². The molecule has 0 saturated carbocycles. The van der Waals surface area contributed by atoms with Crippen LogP contribution in [-0.2, 0) is 4.79 Å². The Morgan fingerprint density at radius 2 is 1.83 bits per heavy atom. The number of rotatable bonds is 5. The number of amides is 1. The number of fused-ring (bicyclic) bond motifs is 1. The summed E-state index contributed by atoms with van der Waals surface area (Å²) in [5.41, 5.74) is 1.62. The van der Waals surface area contributed by atoms with E-state index >= 15 is 0 Å². The van der Waals surface area contributed by atoms with Crippen molar-refractivity contribution in [3.8, 4) is 0 Å². The number of carbonyl (C=O) groups is 1. The summed E-state index contributed by atoms with van der Waals surface area (Å²) in [5, 5.41) is 1.02. The van der Waals surface area contributed by atoms with Crippen molar-refractivity contribution < 1.29 is 9.18 Å². The predicted molar refractivity (Wildman–Crippen MR) is 116 cm³/mol. The van der Waals surface area contributed by atoms with Gasteiger partial charge < -0.3 is 9.80 Å². The number of benzene rings is 2. The number of likely N-dealkylation sites (N-methyl/N-ethyl adjacent to an activating group) is 1. The number of anilines is 1. The molecule has 1 aromatic heterocycles. The zero-order valence-corrected chi connectivity index (χ0v) is 17.5. The first-order chi connectivity index (χ1) is 14.0. The van der Waals surface area contributed by atoms with Gasteiger partial charge in [-0.05, 0) is 38.2 Å². The van der Waals surface area contributed by atoms with Crippen molar-refractivity contribution in [3.05, 3.63) is 59.4 Å². The normalized spacial score (nSPS) is 15.9. The van der Waals surface area contributed by atoms with Gasteiger partial charge in [-0.3, -0.25) is 9.69 Å². The quantitative estimate of drug-likeness (QED) is 0.640. The molecule has 0 spiro atoms. The van der Waals surface area contributed by atoms with E-state index in [1.807, 2.05) is 46.0 Å². The highest BCUT2D eigenvalue weighted by Crippen LogP contribution is 2.28. The second-order valence-corrected chi connectivity index (χ2v) is 8.49. The van der Waals surface area contributed by atoms with Crippen molar-refractivity contribution in [1.29, 1.82) is 0 Å². The van der Waals surface area contributed by atoms with Gasteiger partial charge in [0.25, 0.3) is 0 Å². The Morgan fingerprint density at radius 1 is 1.14 bits per heavy atom. The highest BCUT2D eigenvalue weighted by Gasteiger charge is 2.25. The molecule has 1 saturated heterocycles. The summed E-state index contributed by atoms with van der Waals surface area (Å²) in [7, 11) is 1.96. The van der Waals surface area contributed by atoms with E-state index in [1.54, 1.807) is 23.5 Å². The third-order valence-electron chi connectivity index (χ3n) is 5.54. The summed E-state index contributed by atoms with van der Waals surface area (Å²) in [6.45, 7) is 4.93. The molecule has 0 bridgehead atoms. The Kier molecular flexibility index (Phi) is 5.78. The minimum atomic E-state index is -0.211. The van der Waals surface area contributed by atoms with Crippen LogP contribution in [0.2, 0.25) is 0 Å². The van der Waals surface area contributed by atoms with Crippen molar-refractivity contribution in [3.63, 3.8) is 0 Å². The lowest BCUT2D eigenvalue weighted by molar-refractivity contribution is -0.132. The number of halogens is 1. The van der Waals surface area contributed by atoms with E-state index in [0.29, 0.717) is 38.4 Å². The molecule has 2 aromatic carbocycles. The molecular formula is C22H25FN4OS. The molecule has 1 fully saturated rings. The van der Waals surface area contributed by atoms with Crippen LogP contribution in [0, 0.1) is 5.82 Å². The Bertz CT molecular complexity index is 966. The van der Waals surface area contributed by atoms with Crippen LogP contribution in [0.3, 0.4) is 0 Å². The van der Waals surface area contributed by atoms with Gasteiger partial charge in [0.2, 0.25) is 5.91 Å². The molecule has 2 heterocycles. The fourth-order valence-electron chi connectivity index (χ4n) is 3.61. The van der Waals surface area contributed by atoms with Crippen LogP contribution in [0.1, 0.15) is 18.0 Å². The molecular weight excluding hydrogens is 387 g/mol. The lowest BCUT2D eigenvalue weighted by Gasteiger charge is -2.37. The summed E-state index contributed by atoms with van der Waals surface area (Å²) in [4.78, 5) is 23.4. The summed E-state index contributed by atoms with van der Waals surface area (Å²) >= 11 is 1.68. The minimum absolute atomic E-state index is 0.0658. The van der Waals surface area contributed by atoms with Crippen LogP contribution in [0.5, 0.6) is 0 Å². The topological polar surface area (TPSA) is 39.7 Å². The molecule has 3 aromatic rings. The Balaban J connectivity index is 1.34. The van der Waals surface area contributed by atoms with Gasteiger partial charge in [-0.25, -0.2) is 9.37 Å². The van der Waals surface area contributed by atoms with E-state index in [2.05, 4.69) is 13.0 Å². The van der Waals surface area contributed by atoms with Gasteiger partial charge in [0, 0.05) is 26.2 Å². The van der Waals surface area contributed by atoms with E-state index in [4.69, 9.17) is 4.98 Å². The monoisotopic (exact) mass is 412 g/mol. The van der Waals surface area contributed by atoms with Crippen molar-refractivity contribution in [1.82, 2.24) is 14.8 Å². The first-order valence-corrected chi connectivity index (χ1v) is 10.7. The average molecular weight is 413 g/mol. The van der Waals surface area contributed by atoms with Crippen molar-refractivity contribution in [2.75, 3.05) is 44.7 Å². The summed E-state index contributed by atoms with van der Waals surface area (Å²) in [6.07, 6.45) is 0. The summed E-state index contributed by atoms with van der Waals surface area (Å²) in [6, 6.07) is 15.0. The lowest BCUT2D eigenvalue weighted by Crippen LogP contribution is -2.51. The van der Waals surface area contributed by atoms with Gasteiger partial charge in [-0.1, -0.05) is 24.3 Å². The molecule has 0 unspecified atom stereocenters. The maximum Gasteiger partial charge on any atom is 0.236 e. The first-order valence-electron chi connectivity index (χ1n) is 9.86. The van der Waals surface area contributed by atoms with E-state index in [1.165, 1.54) is 10.8 Å². The number of hydrogen-bond acceptors (Lipinski definition) is 5. The molecule has 1 amide bonds. The van der Waals surface area contributed by atoms with Crippen LogP contribution in [-0.4, -0.2) is 60.5 Å². The second kappa shape index (κ2) is 8.47. The molecule has 4 rings (SSSR count). The van der Waals surface area contributed by atoms with Crippen LogP contribution in [0.25, 0.3) is 10.2 Å². The standard InChI is InChI=1S/C22H25FN4OS/c1-16(22-24-18-8-4-6-10-20(18)29-22)25(2)15-21(28)27-13-11-26(12-14-27)19-9-5-3-7-17(19)23/h3-10,16H,11-15H2,1-2H3/t16-/m1/s1. The Morgan fingerprint density at radius 3 is 2.55 bits per heavy atom. The number of carbonyl (C=O) groups excluding carboxylic acids is 1. The largest absolute Gasteiger partial charge is 0.366 e. The molecule has 152 valence electrons. The van der Waals surface area contributed by atoms with Gasteiger partial charge in [-0.15, -0.1) is 11.3 Å². The SMILES string of the molecule is C[C@H](c1nc2ccccc2s1)N(C)CC(=O)N1CCN(c2ccccc2F)CC1. The second-order valence-electron chi connectivity index (χ2n) is 7.43. The number of para-hydroxylation sites is 2. The number of aromatic nitrogens is 1. The molecule has 0 aliphatic carbocycles. The van der Waals surface area contributed by atoms with Crippen molar-refractivity contribution >= 4 is 33.1 Å².